The highest BCUT2D eigenvalue weighted by atomic mass is 33.8. The van der Waals surface area contributed by atoms with E-state index in [0.717, 1.165) is 28.0 Å². The second kappa shape index (κ2) is 14.2. The maximum absolute atomic E-state index is 10.3. The fraction of sp³-hybridized carbons (Fsp3) is 1.00. The molecule has 0 amide bonds. The Labute approximate surface area is 139 Å². The minimum Gasteiger partial charge on any atom is -0.763 e. The topological polar surface area (TPSA) is 67.8 Å². The molecule has 0 aromatic carbocycles. The molecule has 0 radical (unpaired) electrons. The van der Waals surface area contributed by atoms with Crippen molar-refractivity contribution in [2.24, 2.45) is 0 Å². The molecule has 5 nitrogen and oxygen atoms in total. The molecule has 0 N–H and O–H groups in total. The van der Waals surface area contributed by atoms with Crippen molar-refractivity contribution in [2.45, 2.75) is 33.2 Å². The molecule has 0 aliphatic carbocycles. The summed E-state index contributed by atoms with van der Waals surface area (Å²) in [6, 6.07) is 0.793. The maximum Gasteiger partial charge on any atom is 0.500 e. The zero-order valence-corrected chi connectivity index (χ0v) is 16.9. The van der Waals surface area contributed by atoms with E-state index in [2.05, 4.69) is 0 Å². The minimum atomic E-state index is -2.52. The lowest BCUT2D eigenvalue weighted by atomic mass is 10.6. The largest absolute Gasteiger partial charge is 0.763 e. The van der Waals surface area contributed by atoms with Crippen molar-refractivity contribution in [3.63, 3.8) is 0 Å². The maximum atomic E-state index is 10.3. The van der Waals surface area contributed by atoms with Crippen molar-refractivity contribution >= 4 is 59.2 Å². The summed E-state index contributed by atoms with van der Waals surface area (Å²) in [5, 5.41) is 0. The highest BCUT2D eigenvalue weighted by Gasteiger charge is 2.39. The quantitative estimate of drug-likeness (QED) is 0.188. The van der Waals surface area contributed by atoms with E-state index in [1.54, 1.807) is 10.8 Å². The standard InChI is InChI=1S/C9H22O5S5Si/c1-4-12-20(13-5-2,14-6-3)9-7-8-15-16-17-18-19(10)11/h4-9H2,1-3H3,(H,10,11)/p-1. The lowest BCUT2D eigenvalue weighted by Crippen LogP contribution is -2.46. The van der Waals surface area contributed by atoms with Gasteiger partial charge in [0.1, 0.15) is 0 Å². The van der Waals surface area contributed by atoms with Gasteiger partial charge in [0, 0.05) is 51.6 Å². The first kappa shape index (κ1) is 21.6. The van der Waals surface area contributed by atoms with E-state index in [9.17, 15) is 8.76 Å². The fourth-order valence-electron chi connectivity index (χ4n) is 1.44. The molecule has 0 bridgehead atoms. The number of hydrogen-bond acceptors (Lipinski definition) is 9. The summed E-state index contributed by atoms with van der Waals surface area (Å²) in [6.07, 6.45) is 0.926. The Morgan fingerprint density at radius 3 is 2.05 bits per heavy atom. The lowest BCUT2D eigenvalue weighted by Gasteiger charge is -2.28. The van der Waals surface area contributed by atoms with Crippen LogP contribution in [-0.2, 0) is 23.4 Å². The predicted molar refractivity (Wildman–Crippen MR) is 94.2 cm³/mol. The summed E-state index contributed by atoms with van der Waals surface area (Å²) in [6.45, 7) is 7.62. The Bertz CT molecular complexity index is 244. The number of rotatable bonds is 14. The average Bonchev–Trinajstić information content (AvgIpc) is 2.38. The van der Waals surface area contributed by atoms with E-state index in [1.807, 2.05) is 20.8 Å². The molecule has 11 heteroatoms. The van der Waals surface area contributed by atoms with Gasteiger partial charge in [0.15, 0.2) is 0 Å². The molecule has 0 saturated carbocycles. The normalized spacial score (nSPS) is 13.6. The summed E-state index contributed by atoms with van der Waals surface area (Å²) >= 11 is 0. The smallest absolute Gasteiger partial charge is 0.500 e. The molecule has 1 unspecified atom stereocenters. The Hall–Kier alpha value is 1.61. The van der Waals surface area contributed by atoms with Gasteiger partial charge in [-0.05, 0) is 46.8 Å². The van der Waals surface area contributed by atoms with E-state index in [-0.39, 0.29) is 0 Å². The second-order valence-electron chi connectivity index (χ2n) is 3.32. The third kappa shape index (κ3) is 11.2. The van der Waals surface area contributed by atoms with Crippen LogP contribution in [0.3, 0.4) is 0 Å². The Morgan fingerprint density at radius 2 is 1.60 bits per heavy atom. The zero-order chi connectivity index (χ0) is 15.3. The summed E-state index contributed by atoms with van der Waals surface area (Å²) < 4.78 is 37.9. The second-order valence-corrected chi connectivity index (χ2v) is 13.9. The van der Waals surface area contributed by atoms with E-state index < -0.39 is 18.9 Å². The Balaban J connectivity index is 3.91. The lowest BCUT2D eigenvalue weighted by molar-refractivity contribution is 0.0712. The van der Waals surface area contributed by atoms with Crippen molar-refractivity contribution in [1.82, 2.24) is 0 Å². The summed E-state index contributed by atoms with van der Waals surface area (Å²) in [5.41, 5.74) is 0. The van der Waals surface area contributed by atoms with Gasteiger partial charge in [0.25, 0.3) is 0 Å². The zero-order valence-electron chi connectivity index (χ0n) is 11.8. The fourth-order valence-corrected chi connectivity index (χ4v) is 11.9. The molecule has 0 spiro atoms. The van der Waals surface area contributed by atoms with E-state index in [4.69, 9.17) is 13.3 Å². The van der Waals surface area contributed by atoms with Crippen LogP contribution in [0.2, 0.25) is 6.04 Å². The van der Waals surface area contributed by atoms with Crippen LogP contribution < -0.4 is 0 Å². The predicted octanol–water partition coefficient (Wildman–Crippen LogP) is 3.90. The first-order valence-electron chi connectivity index (χ1n) is 6.24. The SMILES string of the molecule is CCO[Si](CCCSSSSS(=O)[O-])(OCC)OCC. The van der Waals surface area contributed by atoms with Gasteiger partial charge in [0.05, 0.1) is 0 Å². The van der Waals surface area contributed by atoms with Gasteiger partial charge in [-0.2, -0.15) is 0 Å². The van der Waals surface area contributed by atoms with Gasteiger partial charge in [-0.3, -0.25) is 4.21 Å². The summed E-state index contributed by atoms with van der Waals surface area (Å²) in [4.78, 5) is 0. The average molecular weight is 398 g/mol. The van der Waals surface area contributed by atoms with Crippen LogP contribution in [0.15, 0.2) is 0 Å². The molecule has 0 fully saturated rings. The van der Waals surface area contributed by atoms with Gasteiger partial charge in [-0.25, -0.2) is 0 Å². The molecule has 122 valence electrons. The molecule has 0 aliphatic rings. The third-order valence-corrected chi connectivity index (χ3v) is 13.2. The molecule has 0 aromatic heterocycles. The van der Waals surface area contributed by atoms with E-state index in [0.29, 0.717) is 19.8 Å². The summed E-state index contributed by atoms with van der Waals surface area (Å²) in [7, 11) is 0.612. The van der Waals surface area contributed by atoms with E-state index in [1.165, 1.54) is 19.7 Å². The van der Waals surface area contributed by atoms with Crippen LogP contribution in [0.5, 0.6) is 0 Å². The molecule has 0 aromatic rings. The molecule has 0 rings (SSSR count). The van der Waals surface area contributed by atoms with Gasteiger partial charge in [0.2, 0.25) is 0 Å². The number of hydrogen-bond donors (Lipinski definition) is 0. The van der Waals surface area contributed by atoms with Crippen molar-refractivity contribution in [1.29, 1.82) is 0 Å². The van der Waals surface area contributed by atoms with Crippen LogP contribution in [0.25, 0.3) is 0 Å². The molecule has 0 saturated heterocycles. The molecule has 1 atom stereocenters. The highest BCUT2D eigenvalue weighted by Crippen LogP contribution is 2.44. The first-order chi connectivity index (χ1) is 9.60. The Kier molecular flexibility index (Phi) is 15.4. The van der Waals surface area contributed by atoms with Gasteiger partial charge in [-0.1, -0.05) is 10.8 Å². The van der Waals surface area contributed by atoms with Gasteiger partial charge >= 0.3 is 8.80 Å². The van der Waals surface area contributed by atoms with Crippen molar-refractivity contribution in [2.75, 3.05) is 25.6 Å². The summed E-state index contributed by atoms with van der Waals surface area (Å²) in [5.74, 6) is 0.908. The van der Waals surface area contributed by atoms with Crippen LogP contribution >= 0.6 is 40.3 Å². The molecule has 20 heavy (non-hydrogen) atoms. The van der Waals surface area contributed by atoms with Crippen LogP contribution in [0.4, 0.5) is 0 Å². The highest BCUT2D eigenvalue weighted by molar-refractivity contribution is 9.34. The van der Waals surface area contributed by atoms with Gasteiger partial charge < -0.3 is 17.8 Å². The monoisotopic (exact) mass is 397 g/mol. The van der Waals surface area contributed by atoms with Crippen LogP contribution in [0, 0.1) is 0 Å². The molecule has 0 heterocycles. The van der Waals surface area contributed by atoms with E-state index >= 15 is 0 Å². The van der Waals surface area contributed by atoms with Crippen molar-refractivity contribution in [3.8, 4) is 0 Å². The molecular formula is C9H21O5S5Si-. The van der Waals surface area contributed by atoms with Crippen molar-refractivity contribution < 1.29 is 22.0 Å². The minimum absolute atomic E-state index is 0.593. The first-order valence-corrected chi connectivity index (χ1v) is 14.8. The van der Waals surface area contributed by atoms with Crippen LogP contribution in [0.1, 0.15) is 27.2 Å². The van der Waals surface area contributed by atoms with Gasteiger partial charge in [-0.15, -0.1) is 0 Å². The van der Waals surface area contributed by atoms with Crippen molar-refractivity contribution in [3.05, 3.63) is 0 Å². The molecular weight excluding hydrogens is 377 g/mol. The third-order valence-electron chi connectivity index (χ3n) is 1.96. The van der Waals surface area contributed by atoms with Crippen LogP contribution in [-0.4, -0.2) is 43.1 Å². The Morgan fingerprint density at radius 1 is 1.05 bits per heavy atom. The molecule has 0 aliphatic heterocycles.